The van der Waals surface area contributed by atoms with Crippen LogP contribution in [0.2, 0.25) is 0 Å². The molecule has 0 saturated carbocycles. The van der Waals surface area contributed by atoms with E-state index in [0.717, 1.165) is 36.7 Å². The Labute approximate surface area is 221 Å². The lowest BCUT2D eigenvalue weighted by atomic mass is 10.1. The average molecular weight is 525 g/mol. The van der Waals surface area contributed by atoms with Gasteiger partial charge >= 0.3 is 0 Å². The monoisotopic (exact) mass is 524 g/mol. The molecule has 0 unspecified atom stereocenters. The van der Waals surface area contributed by atoms with Crippen LogP contribution in [0, 0.1) is 0 Å². The molecule has 3 amide bonds. The number of aliphatic imine (C=N–C) groups is 1. The van der Waals surface area contributed by atoms with Crippen LogP contribution in [0.15, 0.2) is 47.5 Å². The van der Waals surface area contributed by atoms with Crippen LogP contribution in [0.3, 0.4) is 0 Å². The van der Waals surface area contributed by atoms with Crippen LogP contribution in [-0.2, 0) is 16.1 Å². The zero-order valence-corrected chi connectivity index (χ0v) is 22.2. The molecule has 9 nitrogen and oxygen atoms in total. The molecule has 0 spiro atoms. The van der Waals surface area contributed by atoms with Gasteiger partial charge in [-0.25, -0.2) is 0 Å². The van der Waals surface area contributed by atoms with Crippen LogP contribution in [-0.4, -0.2) is 72.3 Å². The summed E-state index contributed by atoms with van der Waals surface area (Å²) >= 11 is 1.38. The van der Waals surface area contributed by atoms with Crippen molar-refractivity contribution in [3.63, 3.8) is 0 Å². The van der Waals surface area contributed by atoms with Crippen molar-refractivity contribution in [2.45, 2.75) is 37.5 Å². The summed E-state index contributed by atoms with van der Waals surface area (Å²) in [6.45, 7) is 2.18. The number of carbonyl (C=O) groups excluding carboxylic acids is 3. The quantitative estimate of drug-likeness (QED) is 0.561. The summed E-state index contributed by atoms with van der Waals surface area (Å²) < 4.78 is 10.7. The predicted molar refractivity (Wildman–Crippen MR) is 144 cm³/mol. The molecular weight excluding hydrogens is 492 g/mol. The minimum absolute atomic E-state index is 0.0530. The molecule has 1 saturated heterocycles. The van der Waals surface area contributed by atoms with Gasteiger partial charge in [-0.05, 0) is 55.7 Å². The van der Waals surface area contributed by atoms with E-state index in [2.05, 4.69) is 15.2 Å². The SMILES string of the molecule is COc1ccc(CN(C)C(=O)c2ccc(NC(=O)C[C@@H]3SC(N4CCCCC4)=NC3=O)cc2)c(OC)c1. The van der Waals surface area contributed by atoms with Gasteiger partial charge < -0.3 is 24.6 Å². The minimum atomic E-state index is -0.499. The second-order valence-corrected chi connectivity index (χ2v) is 10.2. The van der Waals surface area contributed by atoms with Gasteiger partial charge in [0, 0.05) is 56.0 Å². The maximum Gasteiger partial charge on any atom is 0.262 e. The molecule has 1 N–H and O–H groups in total. The van der Waals surface area contributed by atoms with Crippen molar-refractivity contribution < 1.29 is 23.9 Å². The topological polar surface area (TPSA) is 101 Å². The third-order valence-electron chi connectivity index (χ3n) is 6.39. The van der Waals surface area contributed by atoms with Crippen LogP contribution < -0.4 is 14.8 Å². The second-order valence-electron chi connectivity index (χ2n) is 9.06. The summed E-state index contributed by atoms with van der Waals surface area (Å²) in [6.07, 6.45) is 3.45. The molecule has 4 rings (SSSR count). The standard InChI is InChI=1S/C27H32N4O5S/c1-30(17-19-9-12-21(35-2)15-22(19)36-3)26(34)18-7-10-20(11-8-18)28-24(32)16-23-25(33)29-27(37-23)31-13-5-4-6-14-31/h7-12,15,23H,4-6,13-14,16-17H2,1-3H3,(H,28,32)/t23-/m0/s1. The lowest BCUT2D eigenvalue weighted by Crippen LogP contribution is -2.33. The van der Waals surface area contributed by atoms with Crippen LogP contribution in [0.5, 0.6) is 11.5 Å². The smallest absolute Gasteiger partial charge is 0.262 e. The van der Waals surface area contributed by atoms with Gasteiger partial charge in [-0.3, -0.25) is 14.4 Å². The molecule has 1 atom stereocenters. The summed E-state index contributed by atoms with van der Waals surface area (Å²) in [7, 11) is 4.89. The molecule has 0 radical (unpaired) electrons. The number of ether oxygens (including phenoxy) is 2. The van der Waals surface area contributed by atoms with E-state index in [1.165, 1.54) is 18.2 Å². The molecule has 1 fully saturated rings. The highest BCUT2D eigenvalue weighted by atomic mass is 32.2. The number of thioether (sulfide) groups is 1. The van der Waals surface area contributed by atoms with Crippen molar-refractivity contribution >= 4 is 40.3 Å². The van der Waals surface area contributed by atoms with E-state index in [0.29, 0.717) is 29.3 Å². The highest BCUT2D eigenvalue weighted by molar-refractivity contribution is 8.15. The molecule has 196 valence electrons. The molecule has 2 aliphatic rings. The fraction of sp³-hybridized carbons (Fsp3) is 0.407. The zero-order chi connectivity index (χ0) is 26.4. The third-order valence-corrected chi connectivity index (χ3v) is 7.60. The minimum Gasteiger partial charge on any atom is -0.497 e. The summed E-state index contributed by atoms with van der Waals surface area (Å²) in [6, 6.07) is 12.2. The van der Waals surface area contributed by atoms with E-state index in [-0.39, 0.29) is 24.1 Å². The Hall–Kier alpha value is -3.53. The first-order valence-electron chi connectivity index (χ1n) is 12.3. The predicted octanol–water partition coefficient (Wildman–Crippen LogP) is 3.79. The lowest BCUT2D eigenvalue weighted by Gasteiger charge is -2.27. The molecular formula is C27H32N4O5S. The van der Waals surface area contributed by atoms with E-state index >= 15 is 0 Å². The molecule has 2 aliphatic heterocycles. The number of amidine groups is 1. The van der Waals surface area contributed by atoms with E-state index < -0.39 is 5.25 Å². The maximum absolute atomic E-state index is 12.9. The number of nitrogens with zero attached hydrogens (tertiary/aromatic N) is 3. The van der Waals surface area contributed by atoms with Crippen molar-refractivity contribution in [3.8, 4) is 11.5 Å². The number of hydrogen-bond donors (Lipinski definition) is 1. The van der Waals surface area contributed by atoms with Gasteiger partial charge in [-0.15, -0.1) is 0 Å². The Morgan fingerprint density at radius 2 is 1.81 bits per heavy atom. The second kappa shape index (κ2) is 12.1. The summed E-state index contributed by atoms with van der Waals surface area (Å²) in [5.41, 5.74) is 1.91. The first-order valence-corrected chi connectivity index (χ1v) is 13.2. The van der Waals surface area contributed by atoms with Gasteiger partial charge in [0.2, 0.25) is 5.91 Å². The molecule has 10 heteroatoms. The Kier molecular flexibility index (Phi) is 8.70. The number of carbonyl (C=O) groups is 3. The maximum atomic E-state index is 12.9. The highest BCUT2D eigenvalue weighted by Crippen LogP contribution is 2.29. The Bertz CT molecular complexity index is 1180. The largest absolute Gasteiger partial charge is 0.497 e. The number of rotatable bonds is 8. The number of benzene rings is 2. The number of likely N-dealkylation sites (tertiary alicyclic amines) is 1. The highest BCUT2D eigenvalue weighted by Gasteiger charge is 2.33. The van der Waals surface area contributed by atoms with Crippen LogP contribution in [0.25, 0.3) is 0 Å². The van der Waals surface area contributed by atoms with Crippen molar-refractivity contribution in [1.29, 1.82) is 0 Å². The van der Waals surface area contributed by atoms with Gasteiger partial charge in [0.25, 0.3) is 11.8 Å². The van der Waals surface area contributed by atoms with Crippen molar-refractivity contribution in [2.24, 2.45) is 4.99 Å². The molecule has 2 heterocycles. The van der Waals surface area contributed by atoms with Crippen LogP contribution in [0.1, 0.15) is 41.6 Å². The van der Waals surface area contributed by atoms with Gasteiger partial charge in [-0.2, -0.15) is 4.99 Å². The number of anilines is 1. The molecule has 0 aromatic heterocycles. The fourth-order valence-corrected chi connectivity index (χ4v) is 5.45. The Morgan fingerprint density at radius 1 is 1.08 bits per heavy atom. The van der Waals surface area contributed by atoms with E-state index in [4.69, 9.17) is 9.47 Å². The number of methoxy groups -OCH3 is 2. The van der Waals surface area contributed by atoms with E-state index in [1.54, 1.807) is 56.5 Å². The van der Waals surface area contributed by atoms with E-state index in [9.17, 15) is 14.4 Å². The van der Waals surface area contributed by atoms with Gasteiger partial charge in [-0.1, -0.05) is 11.8 Å². The fourth-order valence-electron chi connectivity index (χ4n) is 4.34. The zero-order valence-electron chi connectivity index (χ0n) is 21.4. The van der Waals surface area contributed by atoms with Gasteiger partial charge in [0.15, 0.2) is 5.17 Å². The Morgan fingerprint density at radius 3 is 2.49 bits per heavy atom. The number of amides is 3. The van der Waals surface area contributed by atoms with Crippen molar-refractivity contribution in [1.82, 2.24) is 9.80 Å². The van der Waals surface area contributed by atoms with Crippen molar-refractivity contribution in [3.05, 3.63) is 53.6 Å². The van der Waals surface area contributed by atoms with Crippen LogP contribution >= 0.6 is 11.8 Å². The average Bonchev–Trinajstić information content (AvgIpc) is 3.29. The van der Waals surface area contributed by atoms with E-state index in [1.807, 2.05) is 12.1 Å². The van der Waals surface area contributed by atoms with Crippen molar-refractivity contribution in [2.75, 3.05) is 39.7 Å². The molecule has 0 bridgehead atoms. The number of piperidine rings is 1. The molecule has 0 aliphatic carbocycles. The van der Waals surface area contributed by atoms with Gasteiger partial charge in [0.05, 0.1) is 14.2 Å². The summed E-state index contributed by atoms with van der Waals surface area (Å²) in [5.74, 6) is 0.649. The Balaban J connectivity index is 1.29. The normalized spacial score (nSPS) is 17.3. The molecule has 37 heavy (non-hydrogen) atoms. The molecule has 2 aromatic rings. The van der Waals surface area contributed by atoms with Crippen LogP contribution in [0.4, 0.5) is 5.69 Å². The third kappa shape index (κ3) is 6.62. The summed E-state index contributed by atoms with van der Waals surface area (Å²) in [5, 5.41) is 3.06. The lowest BCUT2D eigenvalue weighted by molar-refractivity contribution is -0.121. The number of nitrogens with one attached hydrogen (secondary N) is 1. The van der Waals surface area contributed by atoms with Gasteiger partial charge in [0.1, 0.15) is 16.7 Å². The summed E-state index contributed by atoms with van der Waals surface area (Å²) in [4.78, 5) is 45.8. The first-order chi connectivity index (χ1) is 17.9. The molecule has 2 aromatic carbocycles. The number of hydrogen-bond acceptors (Lipinski definition) is 7. The first kappa shape index (κ1) is 26.5.